The highest BCUT2D eigenvalue weighted by atomic mass is 35.5. The molecule has 2 N–H and O–H groups in total. The van der Waals surface area contributed by atoms with E-state index >= 15 is 0 Å². The van der Waals surface area contributed by atoms with Crippen LogP contribution in [0.4, 0.5) is 11.4 Å². The molecular formula is C21H18ClN3O2. The van der Waals surface area contributed by atoms with Crippen LogP contribution in [0, 0.1) is 13.8 Å². The monoisotopic (exact) mass is 379 g/mol. The molecule has 1 aromatic heterocycles. The molecule has 3 rings (SSSR count). The zero-order chi connectivity index (χ0) is 19.4. The SMILES string of the molecule is Cc1ccc(C(=O)Nc2ccc(Cl)c(C(=O)Nc3cccnc3)c2)cc1C. The van der Waals surface area contributed by atoms with Gasteiger partial charge in [0.15, 0.2) is 0 Å². The van der Waals surface area contributed by atoms with E-state index in [-0.39, 0.29) is 17.4 Å². The van der Waals surface area contributed by atoms with E-state index in [1.165, 1.54) is 6.20 Å². The standard InChI is InChI=1S/C21H18ClN3O2/c1-13-5-6-15(10-14(13)2)20(26)24-16-7-8-19(22)18(11-16)21(27)25-17-4-3-9-23-12-17/h3-12H,1-2H3,(H,24,26)(H,25,27). The molecule has 0 saturated carbocycles. The molecule has 0 aliphatic heterocycles. The van der Waals surface area contributed by atoms with E-state index in [1.807, 2.05) is 26.0 Å². The third-order valence-electron chi connectivity index (χ3n) is 4.16. The molecule has 0 atom stereocenters. The maximum absolute atomic E-state index is 12.5. The highest BCUT2D eigenvalue weighted by molar-refractivity contribution is 6.34. The highest BCUT2D eigenvalue weighted by Crippen LogP contribution is 2.22. The molecule has 136 valence electrons. The fourth-order valence-corrected chi connectivity index (χ4v) is 2.70. The lowest BCUT2D eigenvalue weighted by Gasteiger charge is -2.11. The molecule has 2 amide bonds. The molecule has 0 saturated heterocycles. The normalized spacial score (nSPS) is 10.3. The van der Waals surface area contributed by atoms with Crippen molar-refractivity contribution in [3.8, 4) is 0 Å². The van der Waals surface area contributed by atoms with Crippen LogP contribution in [-0.4, -0.2) is 16.8 Å². The van der Waals surface area contributed by atoms with Gasteiger partial charge in [-0.2, -0.15) is 0 Å². The van der Waals surface area contributed by atoms with Crippen LogP contribution in [-0.2, 0) is 0 Å². The van der Waals surface area contributed by atoms with Crippen LogP contribution in [0.5, 0.6) is 0 Å². The predicted octanol–water partition coefficient (Wildman–Crippen LogP) is 4.86. The number of nitrogens with zero attached hydrogens (tertiary/aromatic N) is 1. The second kappa shape index (κ2) is 8.01. The van der Waals surface area contributed by atoms with Crippen molar-refractivity contribution in [2.75, 3.05) is 10.6 Å². The number of aromatic nitrogens is 1. The molecule has 5 nitrogen and oxygen atoms in total. The molecule has 6 heteroatoms. The van der Waals surface area contributed by atoms with E-state index in [0.717, 1.165) is 11.1 Å². The Morgan fingerprint density at radius 3 is 2.37 bits per heavy atom. The van der Waals surface area contributed by atoms with Gasteiger partial charge in [0, 0.05) is 17.4 Å². The van der Waals surface area contributed by atoms with Crippen molar-refractivity contribution < 1.29 is 9.59 Å². The summed E-state index contributed by atoms with van der Waals surface area (Å²) in [6, 6.07) is 13.7. The Hall–Kier alpha value is -3.18. The first kappa shape index (κ1) is 18.6. The van der Waals surface area contributed by atoms with Gasteiger partial charge in [0.25, 0.3) is 11.8 Å². The fraction of sp³-hybridized carbons (Fsp3) is 0.0952. The predicted molar refractivity (Wildman–Crippen MR) is 108 cm³/mol. The summed E-state index contributed by atoms with van der Waals surface area (Å²) in [6.07, 6.45) is 3.16. The minimum absolute atomic E-state index is 0.251. The molecule has 27 heavy (non-hydrogen) atoms. The summed E-state index contributed by atoms with van der Waals surface area (Å²) < 4.78 is 0. The second-order valence-electron chi connectivity index (χ2n) is 6.14. The molecule has 0 unspecified atom stereocenters. The summed E-state index contributed by atoms with van der Waals surface area (Å²) in [5.41, 5.74) is 4.01. The number of amides is 2. The van der Waals surface area contributed by atoms with Crippen LogP contribution in [0.2, 0.25) is 5.02 Å². The first-order valence-electron chi connectivity index (χ1n) is 8.33. The Kier molecular flexibility index (Phi) is 5.52. The van der Waals surface area contributed by atoms with E-state index in [9.17, 15) is 9.59 Å². The number of hydrogen-bond acceptors (Lipinski definition) is 3. The summed E-state index contributed by atoms with van der Waals surface area (Å²) in [5, 5.41) is 5.82. The molecule has 0 aliphatic carbocycles. The van der Waals surface area contributed by atoms with Gasteiger partial charge in [0.05, 0.1) is 22.5 Å². The van der Waals surface area contributed by atoms with Crippen LogP contribution in [0.15, 0.2) is 60.9 Å². The quantitative estimate of drug-likeness (QED) is 0.680. The Morgan fingerprint density at radius 2 is 1.67 bits per heavy atom. The van der Waals surface area contributed by atoms with Gasteiger partial charge in [-0.1, -0.05) is 17.7 Å². The number of carbonyl (C=O) groups excluding carboxylic acids is 2. The largest absolute Gasteiger partial charge is 0.322 e. The third kappa shape index (κ3) is 4.51. The van der Waals surface area contributed by atoms with Crippen molar-refractivity contribution in [1.29, 1.82) is 0 Å². The van der Waals surface area contributed by atoms with E-state index in [0.29, 0.717) is 22.0 Å². The van der Waals surface area contributed by atoms with Crippen molar-refractivity contribution in [3.63, 3.8) is 0 Å². The second-order valence-corrected chi connectivity index (χ2v) is 6.55. The smallest absolute Gasteiger partial charge is 0.257 e. The number of carbonyl (C=O) groups is 2. The van der Waals surface area contributed by atoms with Gasteiger partial charge in [-0.3, -0.25) is 14.6 Å². The number of halogens is 1. The zero-order valence-corrected chi connectivity index (χ0v) is 15.7. The number of anilines is 2. The van der Waals surface area contributed by atoms with Crippen LogP contribution in [0.3, 0.4) is 0 Å². The fourth-order valence-electron chi connectivity index (χ4n) is 2.50. The van der Waals surface area contributed by atoms with Crippen LogP contribution >= 0.6 is 11.6 Å². The molecule has 1 heterocycles. The van der Waals surface area contributed by atoms with Gasteiger partial charge < -0.3 is 10.6 Å². The number of pyridine rings is 1. The van der Waals surface area contributed by atoms with Gasteiger partial charge in [0.2, 0.25) is 0 Å². The summed E-state index contributed by atoms with van der Waals surface area (Å²) in [4.78, 5) is 28.9. The minimum Gasteiger partial charge on any atom is -0.322 e. The lowest BCUT2D eigenvalue weighted by Crippen LogP contribution is -2.15. The van der Waals surface area contributed by atoms with Crippen molar-refractivity contribution >= 4 is 34.8 Å². The minimum atomic E-state index is -0.379. The van der Waals surface area contributed by atoms with Crippen LogP contribution in [0.1, 0.15) is 31.8 Å². The number of rotatable bonds is 4. The van der Waals surface area contributed by atoms with E-state index in [1.54, 1.807) is 42.6 Å². The Bertz CT molecular complexity index is 1000. The van der Waals surface area contributed by atoms with Gasteiger partial charge in [0.1, 0.15) is 0 Å². The maximum atomic E-state index is 12.5. The molecular weight excluding hydrogens is 362 g/mol. The molecule has 0 bridgehead atoms. The Labute approximate surface area is 162 Å². The molecule has 0 aliphatic rings. The van der Waals surface area contributed by atoms with Crippen molar-refractivity contribution in [1.82, 2.24) is 4.98 Å². The number of aryl methyl sites for hydroxylation is 2. The van der Waals surface area contributed by atoms with Gasteiger partial charge in [-0.25, -0.2) is 0 Å². The molecule has 3 aromatic rings. The average molecular weight is 380 g/mol. The van der Waals surface area contributed by atoms with Gasteiger partial charge >= 0.3 is 0 Å². The highest BCUT2D eigenvalue weighted by Gasteiger charge is 2.14. The Balaban J connectivity index is 1.79. The average Bonchev–Trinajstić information content (AvgIpc) is 2.66. The van der Waals surface area contributed by atoms with E-state index < -0.39 is 0 Å². The molecule has 0 fully saturated rings. The van der Waals surface area contributed by atoms with Gasteiger partial charge in [-0.15, -0.1) is 0 Å². The number of nitrogens with one attached hydrogen (secondary N) is 2. The first-order chi connectivity index (χ1) is 12.9. The summed E-state index contributed by atoms with van der Waals surface area (Å²) in [7, 11) is 0. The lowest BCUT2D eigenvalue weighted by molar-refractivity contribution is 0.101. The van der Waals surface area contributed by atoms with Crippen molar-refractivity contribution in [2.24, 2.45) is 0 Å². The maximum Gasteiger partial charge on any atom is 0.257 e. The van der Waals surface area contributed by atoms with Crippen molar-refractivity contribution in [2.45, 2.75) is 13.8 Å². The van der Waals surface area contributed by atoms with Gasteiger partial charge in [-0.05, 0) is 67.4 Å². The molecule has 0 radical (unpaired) electrons. The topological polar surface area (TPSA) is 71.1 Å². The van der Waals surface area contributed by atoms with E-state index in [2.05, 4.69) is 15.6 Å². The molecule has 0 spiro atoms. The first-order valence-corrected chi connectivity index (χ1v) is 8.71. The van der Waals surface area contributed by atoms with E-state index in [4.69, 9.17) is 11.6 Å². The summed E-state index contributed by atoms with van der Waals surface area (Å²) >= 11 is 6.16. The summed E-state index contributed by atoms with van der Waals surface area (Å²) in [6.45, 7) is 3.94. The Morgan fingerprint density at radius 1 is 0.889 bits per heavy atom. The zero-order valence-electron chi connectivity index (χ0n) is 14.9. The summed E-state index contributed by atoms with van der Waals surface area (Å²) in [5.74, 6) is -0.630. The van der Waals surface area contributed by atoms with Crippen LogP contribution in [0.25, 0.3) is 0 Å². The number of benzene rings is 2. The third-order valence-corrected chi connectivity index (χ3v) is 4.49. The molecule has 2 aromatic carbocycles. The van der Waals surface area contributed by atoms with Crippen molar-refractivity contribution in [3.05, 3.63) is 88.2 Å². The lowest BCUT2D eigenvalue weighted by atomic mass is 10.1. The number of hydrogen-bond donors (Lipinski definition) is 2. The van der Waals surface area contributed by atoms with Crippen LogP contribution < -0.4 is 10.6 Å².